The van der Waals surface area contributed by atoms with E-state index in [-0.39, 0.29) is 6.10 Å². The van der Waals surface area contributed by atoms with E-state index < -0.39 is 0 Å². The van der Waals surface area contributed by atoms with E-state index in [4.69, 9.17) is 0 Å². The molecule has 0 spiro atoms. The monoisotopic (exact) mass is 381 g/mol. The maximum absolute atomic E-state index is 10.9. The minimum atomic E-state index is -0.235. The van der Waals surface area contributed by atoms with Crippen molar-refractivity contribution in [1.82, 2.24) is 14.4 Å². The molecule has 4 nitrogen and oxygen atoms in total. The van der Waals surface area contributed by atoms with Crippen LogP contribution in [0.5, 0.6) is 0 Å². The van der Waals surface area contributed by atoms with E-state index in [1.165, 1.54) is 61.4 Å². The van der Waals surface area contributed by atoms with Crippen LogP contribution in [0.1, 0.15) is 61.4 Å². The molecule has 1 aromatic carbocycles. The normalized spacial score (nSPS) is 24.9. The first-order valence-corrected chi connectivity index (χ1v) is 11.5. The van der Waals surface area contributed by atoms with Crippen molar-refractivity contribution in [3.63, 3.8) is 0 Å². The molecular formula is C24H35N3O. The second kappa shape index (κ2) is 7.81. The van der Waals surface area contributed by atoms with Gasteiger partial charge in [0.15, 0.2) is 0 Å². The molecule has 1 fully saturated rings. The Labute approximate surface area is 169 Å². The minimum Gasteiger partial charge on any atom is -0.390 e. The van der Waals surface area contributed by atoms with Gasteiger partial charge in [-0.2, -0.15) is 0 Å². The van der Waals surface area contributed by atoms with Crippen LogP contribution < -0.4 is 0 Å². The van der Waals surface area contributed by atoms with Crippen molar-refractivity contribution in [3.05, 3.63) is 35.0 Å². The summed E-state index contributed by atoms with van der Waals surface area (Å²) in [4.78, 5) is 5.08. The number of aliphatic hydroxyl groups excluding tert-OH is 1. The molecule has 2 aliphatic heterocycles. The summed E-state index contributed by atoms with van der Waals surface area (Å²) in [5, 5.41) is 12.4. The average molecular weight is 382 g/mol. The lowest BCUT2D eigenvalue weighted by atomic mass is 9.89. The molecule has 3 heterocycles. The van der Waals surface area contributed by atoms with Gasteiger partial charge in [-0.1, -0.05) is 24.5 Å². The van der Waals surface area contributed by atoms with Gasteiger partial charge in [0.05, 0.1) is 12.1 Å². The number of fused-ring (bicyclic) bond motifs is 3. The summed E-state index contributed by atoms with van der Waals surface area (Å²) in [6, 6.07) is 7.45. The maximum Gasteiger partial charge on any atom is 0.0794 e. The van der Waals surface area contributed by atoms with E-state index in [0.29, 0.717) is 6.04 Å². The van der Waals surface area contributed by atoms with Crippen molar-refractivity contribution in [1.29, 1.82) is 0 Å². The Bertz CT molecular complexity index is 834. The van der Waals surface area contributed by atoms with Crippen molar-refractivity contribution in [2.24, 2.45) is 0 Å². The first-order chi connectivity index (χ1) is 13.7. The van der Waals surface area contributed by atoms with Crippen molar-refractivity contribution in [2.75, 3.05) is 32.7 Å². The summed E-state index contributed by atoms with van der Waals surface area (Å²) in [5.74, 6) is 0. The summed E-state index contributed by atoms with van der Waals surface area (Å²) >= 11 is 0. The smallest absolute Gasteiger partial charge is 0.0794 e. The molecule has 28 heavy (non-hydrogen) atoms. The zero-order valence-electron chi connectivity index (χ0n) is 17.4. The van der Waals surface area contributed by atoms with Gasteiger partial charge < -0.3 is 14.6 Å². The number of β-amino-alcohol motifs (C(OH)–C–C–N with tert-alkyl or cyclic N) is 1. The SMILES string of the molecule is Cc1ccc2c(c1)c1c3n2CCN(C[C@@H](O)CN2CCCCCC2)[C@H]3CCC1. The Morgan fingerprint density at radius 1 is 1.00 bits per heavy atom. The Balaban J connectivity index is 1.35. The summed E-state index contributed by atoms with van der Waals surface area (Å²) in [7, 11) is 0. The molecule has 1 saturated heterocycles. The predicted molar refractivity (Wildman–Crippen MR) is 115 cm³/mol. The molecule has 1 N–H and O–H groups in total. The van der Waals surface area contributed by atoms with Crippen LogP contribution in [0, 0.1) is 6.92 Å². The topological polar surface area (TPSA) is 31.6 Å². The molecule has 2 aromatic rings. The molecule has 0 saturated carbocycles. The molecule has 1 aromatic heterocycles. The number of rotatable bonds is 4. The lowest BCUT2D eigenvalue weighted by Crippen LogP contribution is -2.46. The Morgan fingerprint density at radius 2 is 1.82 bits per heavy atom. The Morgan fingerprint density at radius 3 is 2.64 bits per heavy atom. The fourth-order valence-corrected chi connectivity index (χ4v) is 5.95. The third-order valence-corrected chi connectivity index (χ3v) is 7.25. The van der Waals surface area contributed by atoms with E-state index in [1.807, 2.05) is 0 Å². The molecule has 0 radical (unpaired) electrons. The molecule has 1 aliphatic carbocycles. The van der Waals surface area contributed by atoms with Crippen LogP contribution in [0.2, 0.25) is 0 Å². The fourth-order valence-electron chi connectivity index (χ4n) is 5.95. The van der Waals surface area contributed by atoms with E-state index in [9.17, 15) is 5.11 Å². The van der Waals surface area contributed by atoms with Crippen LogP contribution in [0.4, 0.5) is 0 Å². The third-order valence-electron chi connectivity index (χ3n) is 7.25. The van der Waals surface area contributed by atoms with Crippen LogP contribution >= 0.6 is 0 Å². The number of hydrogen-bond acceptors (Lipinski definition) is 3. The highest BCUT2D eigenvalue weighted by Crippen LogP contribution is 2.42. The van der Waals surface area contributed by atoms with Crippen LogP contribution in [-0.4, -0.2) is 58.3 Å². The standard InChI is InChI=1S/C24H35N3O/c1-18-9-10-22-21(15-18)20-7-6-8-23-24(20)27(22)14-13-26(23)17-19(28)16-25-11-4-2-3-5-12-25/h9-10,15,19,23,28H,2-8,11-14,16-17H2,1H3/t19-,23-/m0/s1. The van der Waals surface area contributed by atoms with Gasteiger partial charge in [0.1, 0.15) is 0 Å². The minimum absolute atomic E-state index is 0.235. The van der Waals surface area contributed by atoms with Gasteiger partial charge >= 0.3 is 0 Å². The van der Waals surface area contributed by atoms with Crippen molar-refractivity contribution >= 4 is 10.9 Å². The average Bonchev–Trinajstić information content (AvgIpc) is 2.83. The van der Waals surface area contributed by atoms with Crippen LogP contribution in [0.15, 0.2) is 18.2 Å². The number of benzene rings is 1. The number of hydrogen-bond donors (Lipinski definition) is 1. The van der Waals surface area contributed by atoms with Gasteiger partial charge in [-0.15, -0.1) is 0 Å². The lowest BCUT2D eigenvalue weighted by molar-refractivity contribution is 0.0426. The number of aryl methyl sites for hydroxylation is 2. The van der Waals surface area contributed by atoms with E-state index in [0.717, 1.165) is 39.3 Å². The molecule has 4 heteroatoms. The molecule has 3 aliphatic rings. The van der Waals surface area contributed by atoms with Crippen LogP contribution in [0.3, 0.4) is 0 Å². The van der Waals surface area contributed by atoms with Crippen molar-refractivity contribution in [3.8, 4) is 0 Å². The van der Waals surface area contributed by atoms with Crippen LogP contribution in [0.25, 0.3) is 10.9 Å². The molecule has 2 atom stereocenters. The van der Waals surface area contributed by atoms with Gasteiger partial charge in [-0.05, 0) is 69.8 Å². The molecule has 0 unspecified atom stereocenters. The first kappa shape index (κ1) is 18.7. The van der Waals surface area contributed by atoms with Crippen LogP contribution in [-0.2, 0) is 13.0 Å². The van der Waals surface area contributed by atoms with Gasteiger partial charge in [-0.3, -0.25) is 4.90 Å². The van der Waals surface area contributed by atoms with E-state index >= 15 is 0 Å². The zero-order chi connectivity index (χ0) is 19.1. The number of nitrogens with zero attached hydrogens (tertiary/aromatic N) is 3. The largest absolute Gasteiger partial charge is 0.390 e. The summed E-state index contributed by atoms with van der Waals surface area (Å²) in [5.41, 5.74) is 5.92. The highest BCUT2D eigenvalue weighted by Gasteiger charge is 2.35. The van der Waals surface area contributed by atoms with Gasteiger partial charge in [0, 0.05) is 42.8 Å². The van der Waals surface area contributed by atoms with Crippen molar-refractivity contribution in [2.45, 2.75) is 70.6 Å². The maximum atomic E-state index is 10.9. The predicted octanol–water partition coefficient (Wildman–Crippen LogP) is 3.88. The highest BCUT2D eigenvalue weighted by atomic mass is 16.3. The third kappa shape index (κ3) is 3.40. The quantitative estimate of drug-likeness (QED) is 0.872. The number of likely N-dealkylation sites (tertiary alicyclic amines) is 1. The zero-order valence-corrected chi connectivity index (χ0v) is 17.4. The highest BCUT2D eigenvalue weighted by molar-refractivity contribution is 5.87. The van der Waals surface area contributed by atoms with E-state index in [1.54, 1.807) is 11.3 Å². The molecule has 5 rings (SSSR count). The van der Waals surface area contributed by atoms with Crippen molar-refractivity contribution < 1.29 is 5.11 Å². The van der Waals surface area contributed by atoms with Gasteiger partial charge in [0.25, 0.3) is 0 Å². The molecule has 0 bridgehead atoms. The fraction of sp³-hybridized carbons (Fsp3) is 0.667. The molecule has 152 valence electrons. The molecular weight excluding hydrogens is 346 g/mol. The van der Waals surface area contributed by atoms with Gasteiger partial charge in [-0.25, -0.2) is 0 Å². The van der Waals surface area contributed by atoms with E-state index in [2.05, 4.69) is 39.5 Å². The lowest BCUT2D eigenvalue weighted by Gasteiger charge is -2.41. The second-order valence-electron chi connectivity index (χ2n) is 9.31. The Hall–Kier alpha value is -1.36. The number of aliphatic hydroxyl groups is 1. The first-order valence-electron chi connectivity index (χ1n) is 11.5. The summed E-state index contributed by atoms with van der Waals surface area (Å²) < 4.78 is 2.59. The summed E-state index contributed by atoms with van der Waals surface area (Å²) in [6.45, 7) is 8.32. The summed E-state index contributed by atoms with van der Waals surface area (Å²) in [6.07, 6.45) is 8.78. The molecule has 0 amide bonds. The van der Waals surface area contributed by atoms with Gasteiger partial charge in [0.2, 0.25) is 0 Å². The second-order valence-corrected chi connectivity index (χ2v) is 9.31. The Kier molecular flexibility index (Phi) is 5.20. The number of aromatic nitrogens is 1.